The highest BCUT2D eigenvalue weighted by atomic mass is 79.9. The maximum Gasteiger partial charge on any atom is 0.434 e. The second-order valence-electron chi connectivity index (χ2n) is 9.88. The van der Waals surface area contributed by atoms with Crippen LogP contribution in [0.4, 0.5) is 26.3 Å². The molecule has 0 saturated carbocycles. The van der Waals surface area contributed by atoms with E-state index in [1.165, 1.54) is 23.0 Å². The van der Waals surface area contributed by atoms with Gasteiger partial charge >= 0.3 is 12.4 Å². The summed E-state index contributed by atoms with van der Waals surface area (Å²) >= 11 is 18.3. The van der Waals surface area contributed by atoms with Crippen molar-refractivity contribution in [3.63, 3.8) is 0 Å². The van der Waals surface area contributed by atoms with Gasteiger partial charge in [0.15, 0.2) is 17.3 Å². The minimum Gasteiger partial charge on any atom is -0.361 e. The zero-order valence-electron chi connectivity index (χ0n) is 22.0. The lowest BCUT2D eigenvalue weighted by molar-refractivity contribution is -0.141. The van der Waals surface area contributed by atoms with Gasteiger partial charge in [-0.1, -0.05) is 42.8 Å². The van der Waals surface area contributed by atoms with E-state index < -0.39 is 31.8 Å². The SMILES string of the molecule is C[Si](C)(C)CCOCn1cc(C(F)(F)F)nc1-c1ncc(Br)cc1Cl.FC(F)(F)c1cnc(-c2ncc(Br)cc2Cl)[nH]1. The number of H-pyrrole nitrogens is 1. The highest BCUT2D eigenvalue weighted by Crippen LogP contribution is 2.34. The van der Waals surface area contributed by atoms with Crippen LogP contribution in [0.25, 0.3) is 23.0 Å². The third kappa shape index (κ3) is 9.77. The monoisotopic (exact) mass is 780 g/mol. The van der Waals surface area contributed by atoms with E-state index in [9.17, 15) is 26.3 Å². The quantitative estimate of drug-likeness (QED) is 0.115. The van der Waals surface area contributed by atoms with Crippen LogP contribution in [0.1, 0.15) is 11.4 Å². The van der Waals surface area contributed by atoms with Gasteiger partial charge in [-0.2, -0.15) is 26.3 Å². The average Bonchev–Trinajstić information content (AvgIpc) is 3.50. The molecular weight excluding hydrogens is 761 g/mol. The lowest BCUT2D eigenvalue weighted by Crippen LogP contribution is -2.22. The van der Waals surface area contributed by atoms with Crippen LogP contribution in [0, 0.1) is 0 Å². The van der Waals surface area contributed by atoms with E-state index in [4.69, 9.17) is 27.9 Å². The standard InChI is InChI=1S/C15H18BrClF3N3OSi.C9H4BrClF3N3/c1-25(2,3)5-4-24-9-23-8-12(15(18,19)20)22-14(23)13-11(17)6-10(16)7-21-13;10-4-1-5(11)7(15-2-4)8-16-3-6(17-8)9(12,13)14/h6-8H,4-5,9H2,1-3H3;1-3H,(H,16,17). The molecular formula is C24H22Br2Cl2F6N6OSi. The summed E-state index contributed by atoms with van der Waals surface area (Å²) in [4.78, 5) is 17.4. The summed E-state index contributed by atoms with van der Waals surface area (Å²) in [6.07, 6.45) is -4.51. The fourth-order valence-electron chi connectivity index (χ4n) is 3.13. The van der Waals surface area contributed by atoms with Crippen molar-refractivity contribution in [1.82, 2.24) is 29.5 Å². The van der Waals surface area contributed by atoms with Crippen LogP contribution >= 0.6 is 55.1 Å². The van der Waals surface area contributed by atoms with Crippen LogP contribution in [-0.4, -0.2) is 44.2 Å². The summed E-state index contributed by atoms with van der Waals surface area (Å²) in [5.41, 5.74) is -1.59. The van der Waals surface area contributed by atoms with Gasteiger partial charge in [0.25, 0.3) is 0 Å². The van der Waals surface area contributed by atoms with Gasteiger partial charge in [0.2, 0.25) is 0 Å². The molecule has 0 amide bonds. The van der Waals surface area contributed by atoms with Gasteiger partial charge < -0.3 is 14.3 Å². The Morgan fingerprint density at radius 3 is 1.93 bits per heavy atom. The third-order valence-corrected chi connectivity index (χ3v) is 8.37. The average molecular weight is 783 g/mol. The zero-order valence-corrected chi connectivity index (χ0v) is 27.7. The second kappa shape index (κ2) is 13.8. The number of nitrogens with one attached hydrogen (secondary N) is 1. The summed E-state index contributed by atoms with van der Waals surface area (Å²) in [7, 11) is -1.28. The predicted molar refractivity (Wildman–Crippen MR) is 157 cm³/mol. The lowest BCUT2D eigenvalue weighted by Gasteiger charge is -2.16. The smallest absolute Gasteiger partial charge is 0.361 e. The molecule has 7 nitrogen and oxygen atoms in total. The van der Waals surface area contributed by atoms with Crippen molar-refractivity contribution in [2.75, 3.05) is 6.61 Å². The summed E-state index contributed by atoms with van der Waals surface area (Å²) < 4.78 is 84.3. The van der Waals surface area contributed by atoms with E-state index in [2.05, 4.69) is 76.4 Å². The first-order chi connectivity index (χ1) is 19.3. The molecule has 0 aliphatic rings. The number of aromatic nitrogens is 6. The number of alkyl halides is 6. The fourth-order valence-corrected chi connectivity index (χ4v) is 5.32. The van der Waals surface area contributed by atoms with Gasteiger partial charge in [0.05, 0.1) is 16.2 Å². The van der Waals surface area contributed by atoms with Gasteiger partial charge in [0.1, 0.15) is 23.8 Å². The van der Waals surface area contributed by atoms with Crippen molar-refractivity contribution in [3.8, 4) is 23.0 Å². The number of ether oxygens (including phenoxy) is 1. The molecule has 228 valence electrons. The molecule has 0 aliphatic carbocycles. The molecule has 4 aromatic rings. The van der Waals surface area contributed by atoms with Crippen molar-refractivity contribution in [2.24, 2.45) is 0 Å². The highest BCUT2D eigenvalue weighted by molar-refractivity contribution is 9.10. The summed E-state index contributed by atoms with van der Waals surface area (Å²) in [5, 5.41) is 0.416. The predicted octanol–water partition coefficient (Wildman–Crippen LogP) is 9.60. The Kier molecular flexibility index (Phi) is 11.3. The maximum absolute atomic E-state index is 13.0. The molecule has 0 aromatic carbocycles. The van der Waals surface area contributed by atoms with E-state index in [-0.39, 0.29) is 39.8 Å². The van der Waals surface area contributed by atoms with Crippen molar-refractivity contribution in [2.45, 2.75) is 44.8 Å². The minimum absolute atomic E-state index is 0.0187. The van der Waals surface area contributed by atoms with Crippen LogP contribution in [0.15, 0.2) is 45.9 Å². The van der Waals surface area contributed by atoms with Gasteiger partial charge in [-0.3, -0.25) is 9.97 Å². The van der Waals surface area contributed by atoms with Crippen molar-refractivity contribution >= 4 is 63.1 Å². The Labute approximate surface area is 264 Å². The van der Waals surface area contributed by atoms with Gasteiger partial charge in [0, 0.05) is 42.2 Å². The van der Waals surface area contributed by atoms with Crippen LogP contribution in [0.3, 0.4) is 0 Å². The summed E-state index contributed by atoms with van der Waals surface area (Å²) in [6, 6.07) is 4.00. The second-order valence-corrected chi connectivity index (χ2v) is 18.1. The van der Waals surface area contributed by atoms with Gasteiger partial charge in [-0.05, 0) is 50.0 Å². The van der Waals surface area contributed by atoms with Crippen LogP contribution in [0.2, 0.25) is 35.7 Å². The van der Waals surface area contributed by atoms with Crippen LogP contribution in [0.5, 0.6) is 0 Å². The number of halogens is 10. The number of hydrogen-bond acceptors (Lipinski definition) is 5. The largest absolute Gasteiger partial charge is 0.434 e. The first kappa shape index (κ1) is 34.5. The van der Waals surface area contributed by atoms with Crippen LogP contribution in [-0.2, 0) is 23.8 Å². The normalized spacial score (nSPS) is 12.3. The molecule has 18 heteroatoms. The molecule has 0 radical (unpaired) electrons. The van der Waals surface area contributed by atoms with Gasteiger partial charge in [-0.15, -0.1) is 0 Å². The topological polar surface area (TPSA) is 81.5 Å². The molecule has 0 fully saturated rings. The minimum atomic E-state index is -4.56. The maximum atomic E-state index is 13.0. The van der Waals surface area contributed by atoms with Crippen molar-refractivity contribution < 1.29 is 31.1 Å². The molecule has 0 saturated heterocycles. The molecule has 4 heterocycles. The van der Waals surface area contributed by atoms with E-state index >= 15 is 0 Å². The molecule has 0 spiro atoms. The molecule has 4 aromatic heterocycles. The van der Waals surface area contributed by atoms with E-state index in [1.54, 1.807) is 6.07 Å². The third-order valence-electron chi connectivity index (χ3n) is 5.23. The Morgan fingerprint density at radius 2 is 1.45 bits per heavy atom. The Morgan fingerprint density at radius 1 is 0.881 bits per heavy atom. The number of nitrogens with zero attached hydrogens (tertiary/aromatic N) is 5. The molecule has 0 atom stereocenters. The Balaban J connectivity index is 0.000000247. The number of imidazole rings is 2. The van der Waals surface area contributed by atoms with Crippen LogP contribution < -0.4 is 0 Å². The van der Waals surface area contributed by atoms with E-state index in [0.29, 0.717) is 21.7 Å². The summed E-state index contributed by atoms with van der Waals surface area (Å²) in [5.74, 6) is 0.00709. The fraction of sp³-hybridized carbons (Fsp3) is 0.333. The number of hydrogen-bond donors (Lipinski definition) is 1. The Hall–Kier alpha value is -1.98. The highest BCUT2D eigenvalue weighted by Gasteiger charge is 2.36. The number of aromatic amines is 1. The molecule has 4 rings (SSSR count). The Bertz CT molecular complexity index is 1520. The molecule has 1 N–H and O–H groups in total. The van der Waals surface area contributed by atoms with E-state index in [1.807, 2.05) is 0 Å². The van der Waals surface area contributed by atoms with E-state index in [0.717, 1.165) is 12.2 Å². The molecule has 42 heavy (non-hydrogen) atoms. The summed E-state index contributed by atoms with van der Waals surface area (Å²) in [6.45, 7) is 7.04. The van der Waals surface area contributed by atoms with Crippen molar-refractivity contribution in [1.29, 1.82) is 0 Å². The lowest BCUT2D eigenvalue weighted by atomic mass is 10.3. The number of pyridine rings is 2. The zero-order chi connectivity index (χ0) is 31.5. The number of rotatable bonds is 7. The molecule has 0 bridgehead atoms. The molecule has 0 unspecified atom stereocenters. The van der Waals surface area contributed by atoms with Gasteiger partial charge in [-0.25, -0.2) is 9.97 Å². The molecule has 0 aliphatic heterocycles. The first-order valence-corrected chi connectivity index (χ1v) is 17.9. The van der Waals surface area contributed by atoms with Crippen molar-refractivity contribution in [3.05, 3.63) is 67.3 Å². The first-order valence-electron chi connectivity index (χ1n) is 11.8.